The molecule has 0 bridgehead atoms. The van der Waals surface area contributed by atoms with Gasteiger partial charge >= 0.3 is 0 Å². The molecule has 1 rings (SSSR count). The van der Waals surface area contributed by atoms with Gasteiger partial charge in [-0.3, -0.25) is 9.59 Å². The van der Waals surface area contributed by atoms with E-state index in [-0.39, 0.29) is 24.6 Å². The summed E-state index contributed by atoms with van der Waals surface area (Å²) >= 11 is 0. The summed E-state index contributed by atoms with van der Waals surface area (Å²) in [6.07, 6.45) is 0. The highest BCUT2D eigenvalue weighted by Crippen LogP contribution is 2.12. The molecule has 0 aliphatic heterocycles. The van der Waals surface area contributed by atoms with E-state index in [9.17, 15) is 18.4 Å². The molecule has 21 heavy (non-hydrogen) atoms. The molecule has 2 amide bonds. The molecule has 1 N–H and O–H groups in total. The van der Waals surface area contributed by atoms with Crippen LogP contribution >= 0.6 is 0 Å². The fourth-order valence-electron chi connectivity index (χ4n) is 1.79. The summed E-state index contributed by atoms with van der Waals surface area (Å²) in [6, 6.07) is 2.67. The fraction of sp³-hybridized carbons (Fsp3) is 0.467. The van der Waals surface area contributed by atoms with Crippen molar-refractivity contribution in [3.8, 4) is 0 Å². The van der Waals surface area contributed by atoms with Crippen LogP contribution < -0.4 is 5.32 Å². The molecule has 0 aliphatic rings. The minimum absolute atomic E-state index is 0.206. The van der Waals surface area contributed by atoms with Gasteiger partial charge in [0.1, 0.15) is 11.6 Å². The fourth-order valence-corrected chi connectivity index (χ4v) is 1.79. The van der Waals surface area contributed by atoms with Gasteiger partial charge in [-0.1, -0.05) is 0 Å². The van der Waals surface area contributed by atoms with E-state index in [1.165, 1.54) is 4.90 Å². The Bertz CT molecular complexity index is 539. The van der Waals surface area contributed by atoms with Gasteiger partial charge in [-0.15, -0.1) is 0 Å². The van der Waals surface area contributed by atoms with Crippen LogP contribution in [0.4, 0.5) is 8.78 Å². The minimum Gasteiger partial charge on any atom is -0.350 e. The Morgan fingerprint density at radius 1 is 1.24 bits per heavy atom. The second kappa shape index (κ2) is 6.65. The monoisotopic (exact) mass is 298 g/mol. The molecule has 0 aliphatic carbocycles. The number of hydrogen-bond acceptors (Lipinski definition) is 2. The molecule has 0 heterocycles. The summed E-state index contributed by atoms with van der Waals surface area (Å²) in [4.78, 5) is 25.2. The molecule has 1 aromatic rings. The van der Waals surface area contributed by atoms with Gasteiger partial charge in [0, 0.05) is 12.1 Å². The van der Waals surface area contributed by atoms with Crippen molar-refractivity contribution < 1.29 is 18.4 Å². The normalized spacial score (nSPS) is 11.1. The first kappa shape index (κ1) is 17.1. The van der Waals surface area contributed by atoms with Gasteiger partial charge in [-0.25, -0.2) is 8.78 Å². The van der Waals surface area contributed by atoms with Gasteiger partial charge in [0.2, 0.25) is 5.91 Å². The third-order valence-corrected chi connectivity index (χ3v) is 2.68. The van der Waals surface area contributed by atoms with Crippen LogP contribution in [0, 0.1) is 11.6 Å². The molecule has 0 saturated heterocycles. The first-order valence-electron chi connectivity index (χ1n) is 6.69. The lowest BCUT2D eigenvalue weighted by molar-refractivity contribution is -0.123. The standard InChI is InChI=1S/C15H20F2N2O2/c1-5-19(9-13(20)18-15(2,3)4)14(21)11-8-10(16)6-7-12(11)17/h6-8H,5,9H2,1-4H3,(H,18,20). The van der Waals surface area contributed by atoms with Gasteiger partial charge in [0.15, 0.2) is 0 Å². The topological polar surface area (TPSA) is 49.4 Å². The minimum atomic E-state index is -0.809. The van der Waals surface area contributed by atoms with Crippen molar-refractivity contribution in [3.05, 3.63) is 35.4 Å². The maximum absolute atomic E-state index is 13.6. The molecule has 0 atom stereocenters. The number of carbonyl (C=O) groups is 2. The van der Waals surface area contributed by atoms with Crippen LogP contribution in [0.25, 0.3) is 0 Å². The number of benzene rings is 1. The Kier molecular flexibility index (Phi) is 5.41. The van der Waals surface area contributed by atoms with Crippen molar-refractivity contribution in [1.29, 1.82) is 0 Å². The predicted octanol–water partition coefficient (Wildman–Crippen LogP) is 2.34. The zero-order valence-corrected chi connectivity index (χ0v) is 12.7. The summed E-state index contributed by atoms with van der Waals surface area (Å²) in [5.74, 6) is -2.57. The molecule has 116 valence electrons. The number of hydrogen-bond donors (Lipinski definition) is 1. The van der Waals surface area contributed by atoms with Crippen molar-refractivity contribution in [3.63, 3.8) is 0 Å². The Labute approximate surface area is 123 Å². The highest BCUT2D eigenvalue weighted by molar-refractivity contribution is 5.96. The summed E-state index contributed by atoms with van der Waals surface area (Å²) in [7, 11) is 0. The quantitative estimate of drug-likeness (QED) is 0.927. The number of likely N-dealkylation sites (N-methyl/N-ethyl adjacent to an activating group) is 1. The number of halogens is 2. The highest BCUT2D eigenvalue weighted by atomic mass is 19.1. The Morgan fingerprint density at radius 3 is 2.38 bits per heavy atom. The molecule has 0 radical (unpaired) electrons. The molecule has 4 nitrogen and oxygen atoms in total. The molecule has 0 unspecified atom stereocenters. The summed E-state index contributed by atoms with van der Waals surface area (Å²) in [5, 5.41) is 2.72. The molecular formula is C15H20F2N2O2. The average Bonchev–Trinajstić information content (AvgIpc) is 2.36. The zero-order chi connectivity index (χ0) is 16.2. The van der Waals surface area contributed by atoms with Crippen molar-refractivity contribution >= 4 is 11.8 Å². The zero-order valence-electron chi connectivity index (χ0n) is 12.7. The molecule has 0 aromatic heterocycles. The van der Waals surface area contributed by atoms with E-state index in [0.29, 0.717) is 0 Å². The lowest BCUT2D eigenvalue weighted by Crippen LogP contribution is -2.47. The van der Waals surface area contributed by atoms with Crippen LogP contribution in [0.1, 0.15) is 38.1 Å². The van der Waals surface area contributed by atoms with Gasteiger partial charge in [0.25, 0.3) is 5.91 Å². The van der Waals surface area contributed by atoms with E-state index in [0.717, 1.165) is 18.2 Å². The van der Waals surface area contributed by atoms with Crippen molar-refractivity contribution in [2.75, 3.05) is 13.1 Å². The molecule has 0 fully saturated rings. The molecule has 0 saturated carbocycles. The van der Waals surface area contributed by atoms with Gasteiger partial charge in [-0.05, 0) is 45.9 Å². The second-order valence-electron chi connectivity index (χ2n) is 5.74. The van der Waals surface area contributed by atoms with Crippen molar-refractivity contribution in [2.45, 2.75) is 33.2 Å². The summed E-state index contributed by atoms with van der Waals surface area (Å²) < 4.78 is 26.8. The maximum Gasteiger partial charge on any atom is 0.257 e. The molecule has 0 spiro atoms. The largest absolute Gasteiger partial charge is 0.350 e. The maximum atomic E-state index is 13.6. The van der Waals surface area contributed by atoms with E-state index in [2.05, 4.69) is 5.32 Å². The third-order valence-electron chi connectivity index (χ3n) is 2.68. The molecule has 6 heteroatoms. The summed E-state index contributed by atoms with van der Waals surface area (Å²) in [6.45, 7) is 7.12. The van der Waals surface area contributed by atoms with Crippen LogP contribution in [0.15, 0.2) is 18.2 Å². The van der Waals surface area contributed by atoms with Gasteiger partial charge in [-0.2, -0.15) is 0 Å². The summed E-state index contributed by atoms with van der Waals surface area (Å²) in [5.41, 5.74) is -0.802. The number of rotatable bonds is 4. The number of nitrogens with zero attached hydrogens (tertiary/aromatic N) is 1. The van der Waals surface area contributed by atoms with Gasteiger partial charge in [0.05, 0.1) is 12.1 Å². The smallest absolute Gasteiger partial charge is 0.257 e. The first-order valence-corrected chi connectivity index (χ1v) is 6.69. The van der Waals surface area contributed by atoms with Crippen LogP contribution in [0.5, 0.6) is 0 Å². The van der Waals surface area contributed by atoms with E-state index >= 15 is 0 Å². The second-order valence-corrected chi connectivity index (χ2v) is 5.74. The third kappa shape index (κ3) is 5.13. The van der Waals surface area contributed by atoms with Crippen LogP contribution in [-0.2, 0) is 4.79 Å². The number of amides is 2. The molecule has 1 aromatic carbocycles. The average molecular weight is 298 g/mol. The van der Waals surface area contributed by atoms with Crippen LogP contribution in [0.2, 0.25) is 0 Å². The van der Waals surface area contributed by atoms with Crippen LogP contribution in [0.3, 0.4) is 0 Å². The SMILES string of the molecule is CCN(CC(=O)NC(C)(C)C)C(=O)c1cc(F)ccc1F. The van der Waals surface area contributed by atoms with E-state index < -0.39 is 23.1 Å². The van der Waals surface area contributed by atoms with Crippen molar-refractivity contribution in [1.82, 2.24) is 10.2 Å². The Morgan fingerprint density at radius 2 is 1.86 bits per heavy atom. The number of nitrogens with one attached hydrogen (secondary N) is 1. The van der Waals surface area contributed by atoms with Crippen LogP contribution in [-0.4, -0.2) is 35.3 Å². The lowest BCUT2D eigenvalue weighted by atomic mass is 10.1. The highest BCUT2D eigenvalue weighted by Gasteiger charge is 2.22. The van der Waals surface area contributed by atoms with E-state index in [4.69, 9.17) is 0 Å². The lowest BCUT2D eigenvalue weighted by Gasteiger charge is -2.25. The predicted molar refractivity (Wildman–Crippen MR) is 75.8 cm³/mol. The Balaban J connectivity index is 2.87. The first-order chi connectivity index (χ1) is 9.64. The number of carbonyl (C=O) groups excluding carboxylic acids is 2. The van der Waals surface area contributed by atoms with E-state index in [1.807, 2.05) is 20.8 Å². The van der Waals surface area contributed by atoms with Crippen molar-refractivity contribution in [2.24, 2.45) is 0 Å². The van der Waals surface area contributed by atoms with Gasteiger partial charge < -0.3 is 10.2 Å². The Hall–Kier alpha value is -1.98. The molecular weight excluding hydrogens is 278 g/mol. The van der Waals surface area contributed by atoms with E-state index in [1.54, 1.807) is 6.92 Å².